The third-order valence-corrected chi connectivity index (χ3v) is 3.44. The molecule has 112 valence electrons. The molecule has 0 radical (unpaired) electrons. The molecule has 0 fully saturated rings. The van der Waals surface area contributed by atoms with Gasteiger partial charge in [0.15, 0.2) is 11.5 Å². The standard InChI is InChI=1S/C16H14N2O4/c1-9-17-13-8-14(20)15(22-2)7-12(13)16(21)18(9)10-3-5-11(19)6-4-10/h3-8,19-20H,1-2H3. The Morgan fingerprint density at radius 3 is 2.45 bits per heavy atom. The van der Waals surface area contributed by atoms with E-state index in [4.69, 9.17) is 4.74 Å². The van der Waals surface area contributed by atoms with Gasteiger partial charge in [-0.05, 0) is 37.3 Å². The van der Waals surface area contributed by atoms with E-state index in [0.717, 1.165) is 0 Å². The molecule has 0 saturated carbocycles. The molecule has 0 amide bonds. The summed E-state index contributed by atoms with van der Waals surface area (Å²) in [6.07, 6.45) is 0. The Labute approximate surface area is 125 Å². The number of benzene rings is 2. The lowest BCUT2D eigenvalue weighted by Crippen LogP contribution is -2.22. The number of aromatic nitrogens is 2. The number of nitrogens with zero attached hydrogens (tertiary/aromatic N) is 2. The largest absolute Gasteiger partial charge is 0.508 e. The molecule has 0 saturated heterocycles. The van der Waals surface area contributed by atoms with Gasteiger partial charge < -0.3 is 14.9 Å². The fourth-order valence-electron chi connectivity index (χ4n) is 2.38. The Balaban J connectivity index is 2.34. The predicted molar refractivity (Wildman–Crippen MR) is 82.0 cm³/mol. The third kappa shape index (κ3) is 2.14. The number of aromatic hydroxyl groups is 2. The van der Waals surface area contributed by atoms with Crippen molar-refractivity contribution in [2.45, 2.75) is 6.92 Å². The summed E-state index contributed by atoms with van der Waals surface area (Å²) in [4.78, 5) is 17.1. The lowest BCUT2D eigenvalue weighted by molar-refractivity contribution is 0.374. The van der Waals surface area contributed by atoms with E-state index in [-0.39, 0.29) is 22.8 Å². The van der Waals surface area contributed by atoms with Gasteiger partial charge in [-0.1, -0.05) is 0 Å². The molecule has 6 nitrogen and oxygen atoms in total. The van der Waals surface area contributed by atoms with Gasteiger partial charge in [-0.3, -0.25) is 9.36 Å². The first-order valence-corrected chi connectivity index (χ1v) is 6.61. The van der Waals surface area contributed by atoms with Gasteiger partial charge >= 0.3 is 0 Å². The summed E-state index contributed by atoms with van der Waals surface area (Å²) in [6, 6.07) is 9.15. The lowest BCUT2D eigenvalue weighted by atomic mass is 10.2. The summed E-state index contributed by atoms with van der Waals surface area (Å²) in [6.45, 7) is 1.70. The van der Waals surface area contributed by atoms with Crippen LogP contribution in [0.3, 0.4) is 0 Å². The van der Waals surface area contributed by atoms with Crippen molar-refractivity contribution < 1.29 is 14.9 Å². The number of hydrogen-bond acceptors (Lipinski definition) is 5. The minimum Gasteiger partial charge on any atom is -0.508 e. The van der Waals surface area contributed by atoms with E-state index >= 15 is 0 Å². The van der Waals surface area contributed by atoms with Crippen LogP contribution in [0.2, 0.25) is 0 Å². The topological polar surface area (TPSA) is 84.6 Å². The van der Waals surface area contributed by atoms with Crippen LogP contribution in [0, 0.1) is 6.92 Å². The van der Waals surface area contributed by atoms with Crippen LogP contribution in [-0.4, -0.2) is 26.9 Å². The zero-order valence-electron chi connectivity index (χ0n) is 12.1. The van der Waals surface area contributed by atoms with Crippen LogP contribution < -0.4 is 10.3 Å². The van der Waals surface area contributed by atoms with Crippen molar-refractivity contribution in [2.24, 2.45) is 0 Å². The van der Waals surface area contributed by atoms with Crippen LogP contribution in [0.25, 0.3) is 16.6 Å². The molecule has 0 aliphatic rings. The molecule has 0 bridgehead atoms. The molecular weight excluding hydrogens is 284 g/mol. The second-order valence-electron chi connectivity index (χ2n) is 4.86. The van der Waals surface area contributed by atoms with Crippen LogP contribution in [0.4, 0.5) is 0 Å². The van der Waals surface area contributed by atoms with E-state index in [1.807, 2.05) is 0 Å². The van der Waals surface area contributed by atoms with Crippen molar-refractivity contribution in [3.05, 3.63) is 52.6 Å². The van der Waals surface area contributed by atoms with Crippen molar-refractivity contribution in [1.29, 1.82) is 0 Å². The van der Waals surface area contributed by atoms with Crippen molar-refractivity contribution in [2.75, 3.05) is 7.11 Å². The minimum atomic E-state index is -0.272. The summed E-state index contributed by atoms with van der Waals surface area (Å²) < 4.78 is 6.48. The second-order valence-corrected chi connectivity index (χ2v) is 4.86. The van der Waals surface area contributed by atoms with Gasteiger partial charge in [-0.25, -0.2) is 4.98 Å². The van der Waals surface area contributed by atoms with Gasteiger partial charge in [-0.15, -0.1) is 0 Å². The van der Waals surface area contributed by atoms with Gasteiger partial charge in [-0.2, -0.15) is 0 Å². The zero-order chi connectivity index (χ0) is 15.9. The van der Waals surface area contributed by atoms with E-state index in [1.165, 1.54) is 35.9 Å². The van der Waals surface area contributed by atoms with Crippen LogP contribution in [-0.2, 0) is 0 Å². The highest BCUT2D eigenvalue weighted by atomic mass is 16.5. The molecule has 0 unspecified atom stereocenters. The molecule has 0 aliphatic heterocycles. The maximum Gasteiger partial charge on any atom is 0.266 e. The first-order valence-electron chi connectivity index (χ1n) is 6.61. The van der Waals surface area contributed by atoms with Crippen LogP contribution in [0.1, 0.15) is 5.82 Å². The Morgan fingerprint density at radius 1 is 1.14 bits per heavy atom. The highest BCUT2D eigenvalue weighted by Crippen LogP contribution is 2.29. The van der Waals surface area contributed by atoms with Gasteiger partial charge in [0.2, 0.25) is 0 Å². The molecule has 2 aromatic carbocycles. The van der Waals surface area contributed by atoms with Gasteiger partial charge in [0.25, 0.3) is 5.56 Å². The highest BCUT2D eigenvalue weighted by molar-refractivity contribution is 5.82. The molecule has 3 rings (SSSR count). The number of aryl methyl sites for hydroxylation is 1. The van der Waals surface area contributed by atoms with E-state index < -0.39 is 0 Å². The second kappa shape index (κ2) is 5.07. The Morgan fingerprint density at radius 2 is 1.82 bits per heavy atom. The van der Waals surface area contributed by atoms with Crippen molar-refractivity contribution >= 4 is 10.9 Å². The molecule has 0 spiro atoms. The normalized spacial score (nSPS) is 10.8. The first-order chi connectivity index (χ1) is 10.5. The lowest BCUT2D eigenvalue weighted by Gasteiger charge is -2.12. The molecule has 1 heterocycles. The molecule has 0 aliphatic carbocycles. The monoisotopic (exact) mass is 298 g/mol. The number of phenols is 2. The third-order valence-electron chi connectivity index (χ3n) is 3.44. The van der Waals surface area contributed by atoms with E-state index in [2.05, 4.69) is 4.98 Å². The average molecular weight is 298 g/mol. The van der Waals surface area contributed by atoms with Crippen LogP contribution in [0.15, 0.2) is 41.2 Å². The summed E-state index contributed by atoms with van der Waals surface area (Å²) in [7, 11) is 1.42. The minimum absolute atomic E-state index is 0.0660. The number of phenolic OH excluding ortho intramolecular Hbond substituents is 2. The Bertz CT molecular complexity index is 914. The smallest absolute Gasteiger partial charge is 0.266 e. The fraction of sp³-hybridized carbons (Fsp3) is 0.125. The predicted octanol–water partition coefficient (Wildman–Crippen LogP) is 2.11. The molecule has 2 N–H and O–H groups in total. The zero-order valence-corrected chi connectivity index (χ0v) is 12.1. The van der Waals surface area contributed by atoms with Gasteiger partial charge in [0.1, 0.15) is 11.6 Å². The maximum atomic E-state index is 12.7. The molecule has 1 aromatic heterocycles. The molecule has 3 aromatic rings. The van der Waals surface area contributed by atoms with E-state index in [1.54, 1.807) is 19.1 Å². The van der Waals surface area contributed by atoms with Gasteiger partial charge in [0, 0.05) is 6.07 Å². The van der Waals surface area contributed by atoms with Crippen molar-refractivity contribution in [1.82, 2.24) is 9.55 Å². The summed E-state index contributed by atoms with van der Waals surface area (Å²) in [5, 5.41) is 19.5. The number of methoxy groups -OCH3 is 1. The molecular formula is C16H14N2O4. The van der Waals surface area contributed by atoms with Crippen LogP contribution in [0.5, 0.6) is 17.2 Å². The van der Waals surface area contributed by atoms with Crippen molar-refractivity contribution in [3.63, 3.8) is 0 Å². The summed E-state index contributed by atoms with van der Waals surface area (Å²) >= 11 is 0. The number of rotatable bonds is 2. The number of ether oxygens (including phenoxy) is 1. The summed E-state index contributed by atoms with van der Waals surface area (Å²) in [5.41, 5.74) is 0.726. The molecule has 6 heteroatoms. The van der Waals surface area contributed by atoms with E-state index in [9.17, 15) is 15.0 Å². The fourth-order valence-corrected chi connectivity index (χ4v) is 2.38. The van der Waals surface area contributed by atoms with E-state index in [0.29, 0.717) is 22.4 Å². The SMILES string of the molecule is COc1cc2c(=O)n(-c3ccc(O)cc3)c(C)nc2cc1O. The number of fused-ring (bicyclic) bond motifs is 1. The molecule has 22 heavy (non-hydrogen) atoms. The van der Waals surface area contributed by atoms with Crippen molar-refractivity contribution in [3.8, 4) is 22.9 Å². The average Bonchev–Trinajstić information content (AvgIpc) is 2.48. The Kier molecular flexibility index (Phi) is 3.21. The Hall–Kier alpha value is -3.02. The summed E-state index contributed by atoms with van der Waals surface area (Å²) in [5.74, 6) is 0.749. The highest BCUT2D eigenvalue weighted by Gasteiger charge is 2.13. The number of hydrogen-bond donors (Lipinski definition) is 2. The quantitative estimate of drug-likeness (QED) is 0.757. The molecule has 0 atom stereocenters. The maximum absolute atomic E-state index is 12.7. The van der Waals surface area contributed by atoms with Gasteiger partial charge in [0.05, 0.1) is 23.7 Å². The van der Waals surface area contributed by atoms with Crippen LogP contribution >= 0.6 is 0 Å². The first kappa shape index (κ1) is 13.9.